The molecule has 3 N–H and O–H groups in total. The molecule has 0 bridgehead atoms. The van der Waals surface area contributed by atoms with Gasteiger partial charge in [0.15, 0.2) is 0 Å². The summed E-state index contributed by atoms with van der Waals surface area (Å²) in [6, 6.07) is 0.400. The predicted octanol–water partition coefficient (Wildman–Crippen LogP) is 2.45. The van der Waals surface area contributed by atoms with Gasteiger partial charge in [-0.05, 0) is 31.6 Å². The molecule has 100 valence electrons. The highest BCUT2D eigenvalue weighted by molar-refractivity contribution is 5.83. The number of hydrogen-bond donors (Lipinski definition) is 2. The average molecular weight is 240 g/mol. The van der Waals surface area contributed by atoms with Crippen LogP contribution in [0.4, 0.5) is 0 Å². The van der Waals surface area contributed by atoms with Crippen molar-refractivity contribution in [1.29, 1.82) is 0 Å². The Hall–Kier alpha value is -0.570. The first-order valence-electron chi connectivity index (χ1n) is 7.09. The molecular weight excluding hydrogens is 212 g/mol. The minimum atomic E-state index is -0.317. The Kier molecular flexibility index (Phi) is 5.44. The van der Waals surface area contributed by atoms with E-state index in [0.717, 1.165) is 44.4 Å². The van der Waals surface area contributed by atoms with Gasteiger partial charge in [-0.3, -0.25) is 4.79 Å². The van der Waals surface area contributed by atoms with Crippen molar-refractivity contribution in [2.45, 2.75) is 65.3 Å². The van der Waals surface area contributed by atoms with E-state index in [9.17, 15) is 4.79 Å². The largest absolute Gasteiger partial charge is 0.353 e. The van der Waals surface area contributed by atoms with Gasteiger partial charge in [0.05, 0.1) is 5.41 Å². The Bertz CT molecular complexity index is 241. The van der Waals surface area contributed by atoms with E-state index in [1.807, 2.05) is 0 Å². The molecule has 0 heterocycles. The zero-order valence-electron chi connectivity index (χ0n) is 11.6. The number of rotatable bonds is 7. The highest BCUT2D eigenvalue weighted by atomic mass is 16.2. The summed E-state index contributed by atoms with van der Waals surface area (Å²) in [6.07, 6.45) is 6.11. The Balaban J connectivity index is 2.57. The van der Waals surface area contributed by atoms with E-state index in [4.69, 9.17) is 5.73 Å². The van der Waals surface area contributed by atoms with E-state index < -0.39 is 0 Å². The van der Waals surface area contributed by atoms with Gasteiger partial charge in [-0.25, -0.2) is 0 Å². The van der Waals surface area contributed by atoms with Crippen LogP contribution in [0.2, 0.25) is 0 Å². The molecule has 0 unspecified atom stereocenters. The quantitative estimate of drug-likeness (QED) is 0.718. The summed E-state index contributed by atoms with van der Waals surface area (Å²) in [7, 11) is 0. The third-order valence-corrected chi connectivity index (χ3v) is 4.04. The SMILES string of the molecule is CCCC(CN)(CCC)C(=O)NC1CC(C)C1. The van der Waals surface area contributed by atoms with E-state index in [1.165, 1.54) is 0 Å². The van der Waals surface area contributed by atoms with Crippen molar-refractivity contribution in [3.8, 4) is 0 Å². The molecule has 0 radical (unpaired) electrons. The van der Waals surface area contributed by atoms with Crippen LogP contribution in [0.25, 0.3) is 0 Å². The third-order valence-electron chi connectivity index (χ3n) is 4.04. The van der Waals surface area contributed by atoms with Crippen LogP contribution in [0.1, 0.15) is 59.3 Å². The number of amides is 1. The fourth-order valence-corrected chi connectivity index (χ4v) is 2.96. The van der Waals surface area contributed by atoms with Gasteiger partial charge in [0.2, 0.25) is 5.91 Å². The third kappa shape index (κ3) is 3.44. The second-order valence-electron chi connectivity index (χ2n) is 5.73. The van der Waals surface area contributed by atoms with Crippen LogP contribution in [0, 0.1) is 11.3 Å². The zero-order valence-corrected chi connectivity index (χ0v) is 11.6. The van der Waals surface area contributed by atoms with Gasteiger partial charge in [0, 0.05) is 12.6 Å². The van der Waals surface area contributed by atoms with Crippen LogP contribution in [0.3, 0.4) is 0 Å². The summed E-state index contributed by atoms with van der Waals surface area (Å²) < 4.78 is 0. The molecule has 0 aromatic rings. The fraction of sp³-hybridized carbons (Fsp3) is 0.929. The summed E-state index contributed by atoms with van der Waals surface area (Å²) in [6.45, 7) is 6.96. The lowest BCUT2D eigenvalue weighted by Gasteiger charge is -2.38. The van der Waals surface area contributed by atoms with E-state index in [1.54, 1.807) is 0 Å². The fourth-order valence-electron chi connectivity index (χ4n) is 2.96. The molecule has 1 amide bonds. The first-order chi connectivity index (χ1) is 8.07. The average Bonchev–Trinajstić information content (AvgIpc) is 2.26. The van der Waals surface area contributed by atoms with Crippen molar-refractivity contribution in [3.63, 3.8) is 0 Å². The minimum absolute atomic E-state index is 0.195. The number of carbonyl (C=O) groups excluding carboxylic acids is 1. The molecule has 0 aromatic heterocycles. The van der Waals surface area contributed by atoms with Crippen molar-refractivity contribution >= 4 is 5.91 Å². The van der Waals surface area contributed by atoms with E-state index >= 15 is 0 Å². The highest BCUT2D eigenvalue weighted by Crippen LogP contribution is 2.32. The van der Waals surface area contributed by atoms with Gasteiger partial charge in [-0.2, -0.15) is 0 Å². The number of carbonyl (C=O) groups is 1. The van der Waals surface area contributed by atoms with Crippen molar-refractivity contribution in [2.24, 2.45) is 17.1 Å². The van der Waals surface area contributed by atoms with Gasteiger partial charge in [-0.15, -0.1) is 0 Å². The molecule has 1 aliphatic carbocycles. The molecule has 3 heteroatoms. The molecular formula is C14H28N2O. The lowest BCUT2D eigenvalue weighted by Crippen LogP contribution is -2.52. The van der Waals surface area contributed by atoms with Gasteiger partial charge in [0.25, 0.3) is 0 Å². The maximum Gasteiger partial charge on any atom is 0.227 e. The maximum atomic E-state index is 12.4. The monoisotopic (exact) mass is 240 g/mol. The van der Waals surface area contributed by atoms with Crippen LogP contribution < -0.4 is 11.1 Å². The van der Waals surface area contributed by atoms with Crippen LogP contribution in [-0.2, 0) is 4.79 Å². The molecule has 1 saturated carbocycles. The van der Waals surface area contributed by atoms with Crippen LogP contribution >= 0.6 is 0 Å². The second-order valence-corrected chi connectivity index (χ2v) is 5.73. The molecule has 0 aliphatic heterocycles. The topological polar surface area (TPSA) is 55.1 Å². The molecule has 0 saturated heterocycles. The summed E-state index contributed by atoms with van der Waals surface area (Å²) in [5.74, 6) is 0.963. The molecule has 1 aliphatic rings. The molecule has 1 rings (SSSR count). The Morgan fingerprint density at radius 3 is 2.18 bits per heavy atom. The Labute approximate surface area is 106 Å². The van der Waals surface area contributed by atoms with Crippen LogP contribution in [-0.4, -0.2) is 18.5 Å². The normalized spacial score (nSPS) is 24.2. The van der Waals surface area contributed by atoms with E-state index in [2.05, 4.69) is 26.1 Å². The Morgan fingerprint density at radius 2 is 1.82 bits per heavy atom. The first kappa shape index (κ1) is 14.5. The molecule has 1 fully saturated rings. The lowest BCUT2D eigenvalue weighted by atomic mass is 9.76. The first-order valence-corrected chi connectivity index (χ1v) is 7.09. The van der Waals surface area contributed by atoms with Crippen molar-refractivity contribution in [3.05, 3.63) is 0 Å². The van der Waals surface area contributed by atoms with Gasteiger partial charge < -0.3 is 11.1 Å². The number of hydrogen-bond acceptors (Lipinski definition) is 2. The molecule has 0 atom stereocenters. The maximum absolute atomic E-state index is 12.4. The minimum Gasteiger partial charge on any atom is -0.353 e. The van der Waals surface area contributed by atoms with Crippen LogP contribution in [0.15, 0.2) is 0 Å². The Morgan fingerprint density at radius 1 is 1.29 bits per heavy atom. The van der Waals surface area contributed by atoms with E-state index in [0.29, 0.717) is 12.6 Å². The molecule has 3 nitrogen and oxygen atoms in total. The van der Waals surface area contributed by atoms with Gasteiger partial charge >= 0.3 is 0 Å². The number of nitrogens with one attached hydrogen (secondary N) is 1. The predicted molar refractivity (Wildman–Crippen MR) is 71.6 cm³/mol. The van der Waals surface area contributed by atoms with Crippen molar-refractivity contribution in [2.75, 3.05) is 6.54 Å². The second kappa shape index (κ2) is 6.39. The highest BCUT2D eigenvalue weighted by Gasteiger charge is 2.38. The standard InChI is InChI=1S/C14H28N2O/c1-4-6-14(10-15,7-5-2)13(17)16-12-8-11(3)9-12/h11-12H,4-10,15H2,1-3H3,(H,16,17). The van der Waals surface area contributed by atoms with Crippen molar-refractivity contribution < 1.29 is 4.79 Å². The summed E-state index contributed by atoms with van der Waals surface area (Å²) in [4.78, 5) is 12.4. The molecule has 0 spiro atoms. The summed E-state index contributed by atoms with van der Waals surface area (Å²) in [5, 5.41) is 3.19. The lowest BCUT2D eigenvalue weighted by molar-refractivity contribution is -0.133. The van der Waals surface area contributed by atoms with Gasteiger partial charge in [-0.1, -0.05) is 33.6 Å². The van der Waals surface area contributed by atoms with Crippen LogP contribution in [0.5, 0.6) is 0 Å². The molecule has 17 heavy (non-hydrogen) atoms. The smallest absolute Gasteiger partial charge is 0.227 e. The summed E-state index contributed by atoms with van der Waals surface area (Å²) in [5.41, 5.74) is 5.57. The van der Waals surface area contributed by atoms with Crippen molar-refractivity contribution in [1.82, 2.24) is 5.32 Å². The molecule has 0 aromatic carbocycles. The van der Waals surface area contributed by atoms with Gasteiger partial charge in [0.1, 0.15) is 0 Å². The summed E-state index contributed by atoms with van der Waals surface area (Å²) >= 11 is 0. The number of nitrogens with two attached hydrogens (primary N) is 1. The van der Waals surface area contributed by atoms with E-state index in [-0.39, 0.29) is 11.3 Å². The zero-order chi connectivity index (χ0) is 12.9.